The van der Waals surface area contributed by atoms with Gasteiger partial charge in [-0.1, -0.05) is 0 Å². The Bertz CT molecular complexity index is 846. The van der Waals surface area contributed by atoms with Gasteiger partial charge in [0, 0.05) is 11.3 Å². The number of benzene rings is 1. The predicted molar refractivity (Wildman–Crippen MR) is 88.9 cm³/mol. The molecule has 1 aromatic carbocycles. The molecule has 1 N–H and O–H groups in total. The zero-order chi connectivity index (χ0) is 19.3. The molecule has 0 spiro atoms. The fraction of sp³-hybridized carbons (Fsp3) is 0.235. The van der Waals surface area contributed by atoms with Crippen LogP contribution in [0, 0.1) is 11.3 Å². The van der Waals surface area contributed by atoms with Crippen LogP contribution in [0.2, 0.25) is 0 Å². The van der Waals surface area contributed by atoms with Crippen LogP contribution in [0.5, 0.6) is 5.75 Å². The lowest BCUT2D eigenvalue weighted by atomic mass is 10.1. The van der Waals surface area contributed by atoms with E-state index in [2.05, 4.69) is 4.98 Å². The number of rotatable bonds is 6. The number of carbonyl (C=O) groups is 1. The highest BCUT2D eigenvalue weighted by atomic mass is 32.2. The molecular weight excluding hydrogens is 369 g/mol. The molecule has 2 aromatic rings. The number of carboxylic acid groups (broad SMARTS) is 1. The third-order valence-corrected chi connectivity index (χ3v) is 4.32. The van der Waals surface area contributed by atoms with Gasteiger partial charge in [0.15, 0.2) is 0 Å². The zero-order valence-electron chi connectivity index (χ0n) is 13.5. The van der Waals surface area contributed by atoms with Gasteiger partial charge in [-0.05, 0) is 30.3 Å². The highest BCUT2D eigenvalue weighted by Gasteiger charge is 2.36. The molecule has 0 saturated carbocycles. The number of ether oxygens (including phenoxy) is 1. The molecule has 1 aromatic heterocycles. The van der Waals surface area contributed by atoms with E-state index in [-0.39, 0.29) is 22.9 Å². The van der Waals surface area contributed by atoms with E-state index in [1.54, 1.807) is 24.3 Å². The van der Waals surface area contributed by atoms with Crippen molar-refractivity contribution >= 4 is 17.7 Å². The highest BCUT2D eigenvalue weighted by molar-refractivity contribution is 7.99. The van der Waals surface area contributed by atoms with Gasteiger partial charge in [0.05, 0.1) is 30.4 Å². The van der Waals surface area contributed by atoms with Crippen molar-refractivity contribution in [3.05, 3.63) is 41.5 Å². The summed E-state index contributed by atoms with van der Waals surface area (Å²) in [6.07, 6.45) is -5.00. The van der Waals surface area contributed by atoms with Crippen LogP contribution in [0.3, 0.4) is 0 Å². The van der Waals surface area contributed by atoms with E-state index in [1.807, 2.05) is 0 Å². The number of nitrogens with zero attached hydrogens (tertiary/aromatic N) is 2. The van der Waals surface area contributed by atoms with E-state index in [0.29, 0.717) is 11.3 Å². The van der Waals surface area contributed by atoms with E-state index in [0.717, 1.165) is 17.8 Å². The minimum Gasteiger partial charge on any atom is -0.497 e. The number of aromatic nitrogens is 1. The normalized spacial score (nSPS) is 11.0. The monoisotopic (exact) mass is 382 g/mol. The number of carboxylic acids is 1. The second-order valence-corrected chi connectivity index (χ2v) is 6.15. The molecule has 0 radical (unpaired) electrons. The maximum atomic E-state index is 13.4. The topological polar surface area (TPSA) is 83.2 Å². The molecule has 136 valence electrons. The second kappa shape index (κ2) is 8.10. The van der Waals surface area contributed by atoms with Gasteiger partial charge in [-0.15, -0.1) is 11.8 Å². The van der Waals surface area contributed by atoms with Gasteiger partial charge in [-0.3, -0.25) is 4.79 Å². The molecular formula is C17H13F3N2O3S. The van der Waals surface area contributed by atoms with Crippen LogP contribution in [0.25, 0.3) is 11.3 Å². The van der Waals surface area contributed by atoms with Crippen LogP contribution in [-0.2, 0) is 11.0 Å². The maximum absolute atomic E-state index is 13.4. The smallest absolute Gasteiger partial charge is 0.417 e. The number of hydrogen-bond donors (Lipinski definition) is 1. The fourth-order valence-corrected chi connectivity index (χ4v) is 3.04. The Morgan fingerprint density at radius 2 is 2.00 bits per heavy atom. The molecule has 2 rings (SSSR count). The first-order valence-corrected chi connectivity index (χ1v) is 8.26. The van der Waals surface area contributed by atoms with Crippen LogP contribution < -0.4 is 4.74 Å². The van der Waals surface area contributed by atoms with Crippen molar-refractivity contribution in [3.8, 4) is 23.1 Å². The summed E-state index contributed by atoms with van der Waals surface area (Å²) in [6, 6.07) is 8.63. The third kappa shape index (κ3) is 4.67. The van der Waals surface area contributed by atoms with Gasteiger partial charge < -0.3 is 9.84 Å². The van der Waals surface area contributed by atoms with E-state index in [4.69, 9.17) is 15.1 Å². The summed E-state index contributed by atoms with van der Waals surface area (Å²) >= 11 is 0.808. The van der Waals surface area contributed by atoms with E-state index >= 15 is 0 Å². The number of halogens is 3. The van der Waals surface area contributed by atoms with Crippen molar-refractivity contribution in [2.45, 2.75) is 17.6 Å². The molecule has 0 aliphatic carbocycles. The summed E-state index contributed by atoms with van der Waals surface area (Å²) in [5, 5.41) is 17.7. The van der Waals surface area contributed by atoms with Gasteiger partial charge >= 0.3 is 12.1 Å². The molecule has 0 unspecified atom stereocenters. The molecule has 1 heterocycles. The standard InChI is InChI=1S/C17H13F3N2O3S/c1-25-11-4-2-10(3-5-11)14-8-13(17(18,19)20)12(9-21)16(22-14)26-7-6-15(23)24/h2-5,8H,6-7H2,1H3,(H,23,24). The average molecular weight is 382 g/mol. The molecule has 0 atom stereocenters. The summed E-state index contributed by atoms with van der Waals surface area (Å²) in [5.41, 5.74) is -1.25. The van der Waals surface area contributed by atoms with Crippen molar-refractivity contribution in [1.82, 2.24) is 4.98 Å². The fourth-order valence-electron chi connectivity index (χ4n) is 2.10. The Morgan fingerprint density at radius 1 is 1.35 bits per heavy atom. The lowest BCUT2D eigenvalue weighted by Crippen LogP contribution is -2.11. The number of hydrogen-bond acceptors (Lipinski definition) is 5. The van der Waals surface area contributed by atoms with Crippen molar-refractivity contribution in [3.63, 3.8) is 0 Å². The minimum atomic E-state index is -4.74. The molecule has 0 fully saturated rings. The Hall–Kier alpha value is -2.73. The van der Waals surface area contributed by atoms with Crippen LogP contribution >= 0.6 is 11.8 Å². The Morgan fingerprint density at radius 3 is 2.50 bits per heavy atom. The van der Waals surface area contributed by atoms with Gasteiger partial charge in [-0.2, -0.15) is 18.4 Å². The summed E-state index contributed by atoms with van der Waals surface area (Å²) < 4.78 is 45.1. The molecule has 26 heavy (non-hydrogen) atoms. The Kier molecular flexibility index (Phi) is 6.10. The van der Waals surface area contributed by atoms with Crippen molar-refractivity contribution < 1.29 is 27.8 Å². The predicted octanol–water partition coefficient (Wildman–Crippen LogP) is 4.21. The molecule has 0 aliphatic rings. The first kappa shape index (κ1) is 19.6. The van der Waals surface area contributed by atoms with Crippen molar-refractivity contribution in [2.24, 2.45) is 0 Å². The second-order valence-electron chi connectivity index (χ2n) is 5.07. The van der Waals surface area contributed by atoms with Crippen LogP contribution in [0.4, 0.5) is 13.2 Å². The SMILES string of the molecule is COc1ccc(-c2cc(C(F)(F)F)c(C#N)c(SCCC(=O)O)n2)cc1. The molecule has 0 aliphatic heterocycles. The van der Waals surface area contributed by atoms with E-state index in [1.165, 1.54) is 13.2 Å². The van der Waals surface area contributed by atoms with Crippen molar-refractivity contribution in [1.29, 1.82) is 5.26 Å². The van der Waals surface area contributed by atoms with Crippen LogP contribution in [0.1, 0.15) is 17.5 Å². The summed E-state index contributed by atoms with van der Waals surface area (Å²) in [6.45, 7) is 0. The van der Waals surface area contributed by atoms with E-state index in [9.17, 15) is 18.0 Å². The average Bonchev–Trinajstić information content (AvgIpc) is 2.60. The highest BCUT2D eigenvalue weighted by Crippen LogP contribution is 2.38. The minimum absolute atomic E-state index is 0.000373. The van der Waals surface area contributed by atoms with Gasteiger partial charge in [0.2, 0.25) is 0 Å². The van der Waals surface area contributed by atoms with Gasteiger partial charge in [0.25, 0.3) is 0 Å². The molecule has 0 saturated heterocycles. The molecule has 9 heteroatoms. The lowest BCUT2D eigenvalue weighted by Gasteiger charge is -2.14. The van der Waals surface area contributed by atoms with Gasteiger partial charge in [0.1, 0.15) is 16.8 Å². The Balaban J connectivity index is 2.54. The summed E-state index contributed by atoms with van der Waals surface area (Å²) in [5.74, 6) is -0.548. The Labute approximate surface area is 151 Å². The third-order valence-electron chi connectivity index (χ3n) is 3.34. The summed E-state index contributed by atoms with van der Waals surface area (Å²) in [7, 11) is 1.47. The first-order valence-electron chi connectivity index (χ1n) is 7.27. The largest absolute Gasteiger partial charge is 0.497 e. The molecule has 0 amide bonds. The van der Waals surface area contributed by atoms with Crippen LogP contribution in [0.15, 0.2) is 35.4 Å². The van der Waals surface area contributed by atoms with Crippen molar-refractivity contribution in [2.75, 3.05) is 12.9 Å². The first-order chi connectivity index (χ1) is 12.3. The van der Waals surface area contributed by atoms with Crippen LogP contribution in [-0.4, -0.2) is 28.9 Å². The number of thioether (sulfide) groups is 1. The van der Waals surface area contributed by atoms with Gasteiger partial charge in [-0.25, -0.2) is 4.98 Å². The number of aliphatic carboxylic acids is 1. The lowest BCUT2D eigenvalue weighted by molar-refractivity contribution is -0.138. The zero-order valence-corrected chi connectivity index (χ0v) is 14.3. The number of pyridine rings is 1. The number of nitriles is 1. The summed E-state index contributed by atoms with van der Waals surface area (Å²) in [4.78, 5) is 14.8. The maximum Gasteiger partial charge on any atom is 0.417 e. The number of alkyl halides is 3. The quantitative estimate of drug-likeness (QED) is 0.754. The molecule has 0 bridgehead atoms. The van der Waals surface area contributed by atoms with E-state index < -0.39 is 23.3 Å². The number of methoxy groups -OCH3 is 1. The molecule has 5 nitrogen and oxygen atoms in total.